The number of nitrogens with zero attached hydrogens (tertiary/aromatic N) is 1. The normalized spacial score (nSPS) is 10.8. The summed E-state index contributed by atoms with van der Waals surface area (Å²) >= 11 is 0. The Morgan fingerprint density at radius 1 is 0.958 bits per heavy atom. The van der Waals surface area contributed by atoms with E-state index in [1.807, 2.05) is 41.8 Å². The molecule has 0 saturated heterocycles. The van der Waals surface area contributed by atoms with E-state index in [-0.39, 0.29) is 5.43 Å². The molecule has 0 bridgehead atoms. The molecule has 0 aliphatic rings. The highest BCUT2D eigenvalue weighted by atomic mass is 16.1. The van der Waals surface area contributed by atoms with Crippen LogP contribution in [0.1, 0.15) is 45.1 Å². The maximum Gasteiger partial charge on any atom is 0.197 e. The first-order valence-electron chi connectivity index (χ1n) is 8.75. The van der Waals surface area contributed by atoms with E-state index in [9.17, 15) is 4.79 Å². The summed E-state index contributed by atoms with van der Waals surface area (Å²) in [7, 11) is 0. The third kappa shape index (κ3) is 3.08. The quantitative estimate of drug-likeness (QED) is 0.364. The fourth-order valence-corrected chi connectivity index (χ4v) is 3.24. The van der Waals surface area contributed by atoms with Gasteiger partial charge in [-0.05, 0) is 49.6 Å². The van der Waals surface area contributed by atoms with Gasteiger partial charge in [0.05, 0.1) is 11.0 Å². The second kappa shape index (κ2) is 7.36. The van der Waals surface area contributed by atoms with Gasteiger partial charge in [0.15, 0.2) is 5.43 Å². The van der Waals surface area contributed by atoms with Gasteiger partial charge in [-0.15, -0.1) is 0 Å². The molecule has 0 aliphatic heterocycles. The number of benzene rings is 2. The first kappa shape index (κ1) is 16.3. The van der Waals surface area contributed by atoms with Gasteiger partial charge in [-0.1, -0.05) is 50.3 Å². The van der Waals surface area contributed by atoms with Crippen molar-refractivity contribution in [2.75, 3.05) is 0 Å². The van der Waals surface area contributed by atoms with Crippen molar-refractivity contribution in [3.8, 4) is 12.0 Å². The summed E-state index contributed by atoms with van der Waals surface area (Å²) in [5.74, 6) is 2.96. The van der Waals surface area contributed by atoms with E-state index in [4.69, 9.17) is 0 Å². The van der Waals surface area contributed by atoms with Gasteiger partial charge < -0.3 is 0 Å². The molecule has 3 rings (SSSR count). The zero-order valence-electron chi connectivity index (χ0n) is 14.4. The zero-order chi connectivity index (χ0) is 16.9. The molecule has 0 saturated carbocycles. The van der Waals surface area contributed by atoms with E-state index in [2.05, 4.69) is 31.0 Å². The van der Waals surface area contributed by atoms with Crippen molar-refractivity contribution in [2.45, 2.75) is 46.0 Å². The lowest BCUT2D eigenvalue weighted by atomic mass is 10.0. The minimum absolute atomic E-state index is 0.102. The Hall–Kier alpha value is -2.53. The van der Waals surface area contributed by atoms with Crippen molar-refractivity contribution in [1.82, 2.24) is 4.57 Å². The third-order valence-electron chi connectivity index (χ3n) is 4.48. The summed E-state index contributed by atoms with van der Waals surface area (Å²) in [5.41, 5.74) is 3.11. The Morgan fingerprint density at radius 2 is 1.75 bits per heavy atom. The standard InChI is InChI=1S/C22H23NO/c1-3-5-6-7-10-17-13-14-21-19(16-17)22(24)18-11-8-9-12-20(18)23(21)15-4-2/h8-9,11-14,16H,3,5-7,10H2,1-2H3. The van der Waals surface area contributed by atoms with Crippen molar-refractivity contribution in [1.29, 1.82) is 0 Å². The molecule has 24 heavy (non-hydrogen) atoms. The molecule has 0 fully saturated rings. The molecular formula is C22H23NO. The summed E-state index contributed by atoms with van der Waals surface area (Å²) in [6.45, 7) is 4.04. The molecule has 1 heterocycles. The predicted molar refractivity (Wildman–Crippen MR) is 102 cm³/mol. The Kier molecular flexibility index (Phi) is 5.01. The van der Waals surface area contributed by atoms with Crippen LogP contribution in [0.2, 0.25) is 0 Å². The second-order valence-electron chi connectivity index (χ2n) is 6.21. The molecule has 0 atom stereocenters. The summed E-state index contributed by atoms with van der Waals surface area (Å²) < 4.78 is 1.94. The van der Waals surface area contributed by atoms with Crippen molar-refractivity contribution in [3.05, 3.63) is 58.3 Å². The highest BCUT2D eigenvalue weighted by molar-refractivity contribution is 5.94. The summed E-state index contributed by atoms with van der Waals surface area (Å²) in [6, 6.07) is 17.1. The molecule has 0 amide bonds. The molecule has 0 unspecified atom stereocenters. The SMILES string of the molecule is CC#Cn1c2ccccc2c(=O)c2cc(CCCCCC)ccc21. The lowest BCUT2D eigenvalue weighted by Gasteiger charge is -2.10. The van der Waals surface area contributed by atoms with Crippen LogP contribution in [-0.2, 0) is 6.42 Å². The number of aryl methyl sites for hydroxylation is 1. The van der Waals surface area contributed by atoms with Crippen LogP contribution < -0.4 is 5.43 Å². The molecule has 0 radical (unpaired) electrons. The van der Waals surface area contributed by atoms with E-state index in [1.54, 1.807) is 0 Å². The molecular weight excluding hydrogens is 294 g/mol. The van der Waals surface area contributed by atoms with Crippen LogP contribution in [0.4, 0.5) is 0 Å². The molecule has 2 nitrogen and oxygen atoms in total. The van der Waals surface area contributed by atoms with Crippen molar-refractivity contribution < 1.29 is 0 Å². The molecule has 122 valence electrons. The van der Waals surface area contributed by atoms with Crippen molar-refractivity contribution in [3.63, 3.8) is 0 Å². The summed E-state index contributed by atoms with van der Waals surface area (Å²) in [4.78, 5) is 12.9. The number of rotatable bonds is 5. The molecule has 1 aromatic heterocycles. The first-order valence-corrected chi connectivity index (χ1v) is 8.75. The number of pyridine rings is 1. The van der Waals surface area contributed by atoms with Crippen LogP contribution in [-0.4, -0.2) is 4.57 Å². The smallest absolute Gasteiger partial charge is 0.197 e. The van der Waals surface area contributed by atoms with Crippen LogP contribution in [0, 0.1) is 12.0 Å². The van der Waals surface area contributed by atoms with Gasteiger partial charge in [0.2, 0.25) is 0 Å². The van der Waals surface area contributed by atoms with E-state index in [0.717, 1.165) is 28.2 Å². The third-order valence-corrected chi connectivity index (χ3v) is 4.48. The lowest BCUT2D eigenvalue weighted by Crippen LogP contribution is -2.09. The highest BCUT2D eigenvalue weighted by Gasteiger charge is 2.10. The predicted octanol–water partition coefficient (Wildman–Crippen LogP) is 5.11. The van der Waals surface area contributed by atoms with Crippen LogP contribution >= 0.6 is 0 Å². The molecule has 0 N–H and O–H groups in total. The number of aromatic nitrogens is 1. The first-order chi connectivity index (χ1) is 11.8. The largest absolute Gasteiger partial charge is 0.288 e. The van der Waals surface area contributed by atoms with Gasteiger partial charge in [0.25, 0.3) is 0 Å². The van der Waals surface area contributed by atoms with E-state index < -0.39 is 0 Å². The topological polar surface area (TPSA) is 22.0 Å². The van der Waals surface area contributed by atoms with Crippen LogP contribution in [0.3, 0.4) is 0 Å². The monoisotopic (exact) mass is 317 g/mol. The molecule has 2 aromatic carbocycles. The Balaban J connectivity index is 2.15. The van der Waals surface area contributed by atoms with Gasteiger partial charge in [-0.25, -0.2) is 0 Å². The number of fused-ring (bicyclic) bond motifs is 2. The van der Waals surface area contributed by atoms with Gasteiger partial charge in [0, 0.05) is 16.8 Å². The summed E-state index contributed by atoms with van der Waals surface area (Å²) in [5, 5.41) is 1.50. The summed E-state index contributed by atoms with van der Waals surface area (Å²) in [6.07, 6.45) is 5.97. The minimum Gasteiger partial charge on any atom is -0.288 e. The van der Waals surface area contributed by atoms with Crippen molar-refractivity contribution >= 4 is 21.8 Å². The average Bonchev–Trinajstić information content (AvgIpc) is 2.62. The van der Waals surface area contributed by atoms with E-state index in [1.165, 1.54) is 31.2 Å². The maximum atomic E-state index is 12.9. The lowest BCUT2D eigenvalue weighted by molar-refractivity contribution is 0.667. The average molecular weight is 317 g/mol. The van der Waals surface area contributed by atoms with Gasteiger partial charge in [-0.2, -0.15) is 0 Å². The maximum absolute atomic E-state index is 12.9. The highest BCUT2D eigenvalue weighted by Crippen LogP contribution is 2.20. The van der Waals surface area contributed by atoms with Crippen LogP contribution in [0.5, 0.6) is 0 Å². The number of hydrogen-bond donors (Lipinski definition) is 0. The Labute approximate surface area is 143 Å². The molecule has 3 aromatic rings. The number of unbranched alkanes of at least 4 members (excludes halogenated alkanes) is 3. The fraction of sp³-hybridized carbons (Fsp3) is 0.318. The van der Waals surface area contributed by atoms with Crippen molar-refractivity contribution in [2.24, 2.45) is 0 Å². The van der Waals surface area contributed by atoms with Crippen LogP contribution in [0.25, 0.3) is 21.8 Å². The molecule has 0 aliphatic carbocycles. The van der Waals surface area contributed by atoms with Gasteiger partial charge in [-0.3, -0.25) is 9.36 Å². The minimum atomic E-state index is 0.102. The second-order valence-corrected chi connectivity index (χ2v) is 6.21. The Morgan fingerprint density at radius 3 is 2.54 bits per heavy atom. The molecule has 2 heteroatoms. The number of para-hydroxylation sites is 1. The zero-order valence-corrected chi connectivity index (χ0v) is 14.4. The van der Waals surface area contributed by atoms with E-state index in [0.29, 0.717) is 0 Å². The van der Waals surface area contributed by atoms with E-state index >= 15 is 0 Å². The van der Waals surface area contributed by atoms with Gasteiger partial charge in [0.1, 0.15) is 0 Å². The number of hydrogen-bond acceptors (Lipinski definition) is 1. The Bertz CT molecular complexity index is 986. The molecule has 0 spiro atoms. The fourth-order valence-electron chi connectivity index (χ4n) is 3.24. The van der Waals surface area contributed by atoms with Crippen LogP contribution in [0.15, 0.2) is 47.3 Å². The van der Waals surface area contributed by atoms with Gasteiger partial charge >= 0.3 is 0 Å².